The molecule has 0 aliphatic rings. The van der Waals surface area contributed by atoms with E-state index in [1.807, 2.05) is 36.4 Å². The molecule has 1 amide bonds. The molecular formula is C20H20N4O2. The Morgan fingerprint density at radius 2 is 1.65 bits per heavy atom. The lowest BCUT2D eigenvalue weighted by molar-refractivity contribution is 0.0998. The van der Waals surface area contributed by atoms with E-state index in [1.165, 1.54) is 0 Å². The van der Waals surface area contributed by atoms with Gasteiger partial charge in [-0.3, -0.25) is 4.79 Å². The molecule has 0 unspecified atom stereocenters. The maximum Gasteiger partial charge on any atom is 0.252 e. The van der Waals surface area contributed by atoms with E-state index in [0.29, 0.717) is 29.4 Å². The number of aromatic nitrogens is 2. The Kier molecular flexibility index (Phi) is 4.84. The number of amides is 1. The van der Waals surface area contributed by atoms with Crippen LogP contribution in [0.1, 0.15) is 27.3 Å². The summed E-state index contributed by atoms with van der Waals surface area (Å²) < 4.78 is 0. The molecule has 0 saturated carbocycles. The van der Waals surface area contributed by atoms with Crippen LogP contribution >= 0.6 is 0 Å². The summed E-state index contributed by atoms with van der Waals surface area (Å²) in [5.41, 5.74) is 9.97. The SMILES string of the molecule is Cc1nc(NCc2ccccc2-c2ccc(O)cc2)nc(C)c1C(N)=O. The number of benzene rings is 2. The van der Waals surface area contributed by atoms with Crippen molar-refractivity contribution in [2.45, 2.75) is 20.4 Å². The van der Waals surface area contributed by atoms with Gasteiger partial charge in [0.2, 0.25) is 5.95 Å². The number of primary amides is 1. The van der Waals surface area contributed by atoms with Gasteiger partial charge in [0, 0.05) is 6.54 Å². The minimum absolute atomic E-state index is 0.234. The van der Waals surface area contributed by atoms with Crippen molar-refractivity contribution in [2.75, 3.05) is 5.32 Å². The number of hydrogen-bond acceptors (Lipinski definition) is 5. The van der Waals surface area contributed by atoms with Crippen LogP contribution in [0.3, 0.4) is 0 Å². The van der Waals surface area contributed by atoms with E-state index in [-0.39, 0.29) is 5.75 Å². The van der Waals surface area contributed by atoms with Gasteiger partial charge in [-0.2, -0.15) is 0 Å². The monoisotopic (exact) mass is 348 g/mol. The quantitative estimate of drug-likeness (QED) is 0.657. The van der Waals surface area contributed by atoms with Crippen molar-refractivity contribution >= 4 is 11.9 Å². The normalized spacial score (nSPS) is 10.5. The van der Waals surface area contributed by atoms with E-state index in [2.05, 4.69) is 15.3 Å². The fourth-order valence-corrected chi connectivity index (χ4v) is 2.92. The second kappa shape index (κ2) is 7.23. The first kappa shape index (κ1) is 17.4. The molecule has 0 saturated heterocycles. The minimum Gasteiger partial charge on any atom is -0.508 e. The largest absolute Gasteiger partial charge is 0.508 e. The summed E-state index contributed by atoms with van der Waals surface area (Å²) in [7, 11) is 0. The fraction of sp³-hybridized carbons (Fsp3) is 0.150. The average molecular weight is 348 g/mol. The Hall–Kier alpha value is -3.41. The van der Waals surface area contributed by atoms with E-state index in [1.54, 1.807) is 26.0 Å². The number of anilines is 1. The lowest BCUT2D eigenvalue weighted by atomic mass is 9.99. The van der Waals surface area contributed by atoms with Crippen LogP contribution in [0.25, 0.3) is 11.1 Å². The van der Waals surface area contributed by atoms with Crippen LogP contribution in [0.15, 0.2) is 48.5 Å². The maximum atomic E-state index is 11.5. The number of hydrogen-bond donors (Lipinski definition) is 3. The van der Waals surface area contributed by atoms with Gasteiger partial charge in [-0.05, 0) is 42.7 Å². The molecule has 26 heavy (non-hydrogen) atoms. The topological polar surface area (TPSA) is 101 Å². The van der Waals surface area contributed by atoms with Gasteiger partial charge in [0.05, 0.1) is 17.0 Å². The fourth-order valence-electron chi connectivity index (χ4n) is 2.92. The van der Waals surface area contributed by atoms with Crippen molar-refractivity contribution in [3.8, 4) is 16.9 Å². The van der Waals surface area contributed by atoms with Gasteiger partial charge in [-0.15, -0.1) is 0 Å². The molecule has 6 nitrogen and oxygen atoms in total. The van der Waals surface area contributed by atoms with Gasteiger partial charge in [-0.25, -0.2) is 9.97 Å². The Bertz CT molecular complexity index is 929. The number of rotatable bonds is 5. The molecule has 0 radical (unpaired) electrons. The van der Waals surface area contributed by atoms with Crippen molar-refractivity contribution in [2.24, 2.45) is 5.73 Å². The summed E-state index contributed by atoms with van der Waals surface area (Å²) >= 11 is 0. The van der Waals surface area contributed by atoms with Crippen molar-refractivity contribution in [1.82, 2.24) is 9.97 Å². The number of nitrogens with one attached hydrogen (secondary N) is 1. The highest BCUT2D eigenvalue weighted by Gasteiger charge is 2.13. The lowest BCUT2D eigenvalue weighted by Gasteiger charge is -2.13. The molecule has 3 aromatic rings. The molecule has 0 spiro atoms. The molecule has 132 valence electrons. The Morgan fingerprint density at radius 3 is 2.27 bits per heavy atom. The first-order chi connectivity index (χ1) is 12.5. The van der Waals surface area contributed by atoms with Crippen LogP contribution in [-0.4, -0.2) is 21.0 Å². The molecule has 0 bridgehead atoms. The van der Waals surface area contributed by atoms with Gasteiger partial charge in [0.25, 0.3) is 5.91 Å². The molecule has 2 aromatic carbocycles. The van der Waals surface area contributed by atoms with Crippen molar-refractivity contribution in [3.63, 3.8) is 0 Å². The molecule has 6 heteroatoms. The molecule has 0 aliphatic carbocycles. The molecule has 0 atom stereocenters. The van der Waals surface area contributed by atoms with Gasteiger partial charge < -0.3 is 16.2 Å². The lowest BCUT2D eigenvalue weighted by Crippen LogP contribution is -2.18. The molecule has 1 heterocycles. The predicted molar refractivity (Wildman–Crippen MR) is 101 cm³/mol. The number of carbonyl (C=O) groups is 1. The van der Waals surface area contributed by atoms with Gasteiger partial charge in [0.15, 0.2) is 0 Å². The molecule has 0 fully saturated rings. The van der Waals surface area contributed by atoms with E-state index in [4.69, 9.17) is 5.73 Å². The third kappa shape index (κ3) is 3.64. The summed E-state index contributed by atoms with van der Waals surface area (Å²) in [4.78, 5) is 20.1. The Balaban J connectivity index is 1.85. The highest BCUT2D eigenvalue weighted by molar-refractivity contribution is 5.95. The summed E-state index contributed by atoms with van der Waals surface area (Å²) in [6.07, 6.45) is 0. The standard InChI is InChI=1S/C20H20N4O2/c1-12-18(19(21)26)13(2)24-20(23-12)22-11-15-5-3-4-6-17(15)14-7-9-16(25)10-8-14/h3-10,25H,11H2,1-2H3,(H2,21,26)(H,22,23,24). The number of phenols is 1. The number of nitrogens with zero attached hydrogens (tertiary/aromatic N) is 2. The summed E-state index contributed by atoms with van der Waals surface area (Å²) in [5.74, 6) is 0.160. The third-order valence-electron chi connectivity index (χ3n) is 4.15. The summed E-state index contributed by atoms with van der Waals surface area (Å²) in [6.45, 7) is 4.00. The second-order valence-electron chi connectivity index (χ2n) is 6.01. The summed E-state index contributed by atoms with van der Waals surface area (Å²) in [5, 5.41) is 12.7. The van der Waals surface area contributed by atoms with Crippen LogP contribution in [0.4, 0.5) is 5.95 Å². The highest BCUT2D eigenvalue weighted by atomic mass is 16.3. The van der Waals surface area contributed by atoms with Gasteiger partial charge in [0.1, 0.15) is 5.75 Å². The average Bonchev–Trinajstić information content (AvgIpc) is 2.60. The van der Waals surface area contributed by atoms with Crippen LogP contribution in [-0.2, 0) is 6.54 Å². The highest BCUT2D eigenvalue weighted by Crippen LogP contribution is 2.26. The zero-order valence-corrected chi connectivity index (χ0v) is 14.7. The first-order valence-electron chi connectivity index (χ1n) is 8.22. The van der Waals surface area contributed by atoms with Gasteiger partial charge >= 0.3 is 0 Å². The first-order valence-corrected chi connectivity index (χ1v) is 8.22. The molecule has 0 aliphatic heterocycles. The van der Waals surface area contributed by atoms with Gasteiger partial charge in [-0.1, -0.05) is 36.4 Å². The third-order valence-corrected chi connectivity index (χ3v) is 4.15. The summed E-state index contributed by atoms with van der Waals surface area (Å²) in [6, 6.07) is 15.1. The smallest absolute Gasteiger partial charge is 0.252 e. The van der Waals surface area contributed by atoms with Crippen LogP contribution in [0.5, 0.6) is 5.75 Å². The molecular weight excluding hydrogens is 328 g/mol. The van der Waals surface area contributed by atoms with E-state index in [9.17, 15) is 9.90 Å². The second-order valence-corrected chi connectivity index (χ2v) is 6.01. The Labute approximate surface area is 151 Å². The number of aromatic hydroxyl groups is 1. The van der Waals surface area contributed by atoms with Crippen molar-refractivity contribution in [1.29, 1.82) is 0 Å². The van der Waals surface area contributed by atoms with E-state index >= 15 is 0 Å². The van der Waals surface area contributed by atoms with Crippen molar-refractivity contribution < 1.29 is 9.90 Å². The number of phenolic OH excluding ortho intramolecular Hbond substituents is 1. The number of carbonyl (C=O) groups excluding carboxylic acids is 1. The Morgan fingerprint density at radius 1 is 1.04 bits per heavy atom. The molecule has 3 rings (SSSR count). The molecule has 1 aromatic heterocycles. The van der Waals surface area contributed by atoms with Crippen LogP contribution in [0.2, 0.25) is 0 Å². The predicted octanol–water partition coefficient (Wildman–Crippen LogP) is 3.18. The number of aryl methyl sites for hydroxylation is 2. The van der Waals surface area contributed by atoms with Crippen molar-refractivity contribution in [3.05, 3.63) is 71.0 Å². The maximum absolute atomic E-state index is 11.5. The van der Waals surface area contributed by atoms with E-state index in [0.717, 1.165) is 16.7 Å². The number of nitrogens with two attached hydrogens (primary N) is 1. The molecule has 4 N–H and O–H groups in total. The minimum atomic E-state index is -0.524. The van der Waals surface area contributed by atoms with Crippen LogP contribution < -0.4 is 11.1 Å². The zero-order valence-electron chi connectivity index (χ0n) is 14.7. The van der Waals surface area contributed by atoms with Crippen LogP contribution in [0, 0.1) is 13.8 Å². The zero-order chi connectivity index (χ0) is 18.7. The van der Waals surface area contributed by atoms with E-state index < -0.39 is 5.91 Å².